The van der Waals surface area contributed by atoms with Crippen LogP contribution < -0.4 is 15.0 Å². The van der Waals surface area contributed by atoms with Crippen molar-refractivity contribution in [2.75, 3.05) is 17.3 Å². The summed E-state index contributed by atoms with van der Waals surface area (Å²) < 4.78 is 5.93. The van der Waals surface area contributed by atoms with Gasteiger partial charge in [-0.1, -0.05) is 29.8 Å². The highest BCUT2D eigenvalue weighted by Gasteiger charge is 2.26. The second-order valence-electron chi connectivity index (χ2n) is 6.92. The summed E-state index contributed by atoms with van der Waals surface area (Å²) in [6, 6.07) is 18.1. The van der Waals surface area contributed by atoms with Crippen LogP contribution in [0, 0.1) is 13.8 Å². The molecule has 5 nitrogen and oxygen atoms in total. The number of benzene rings is 3. The maximum absolute atomic E-state index is 12.8. The monoisotopic (exact) mass is 372 g/mol. The highest BCUT2D eigenvalue weighted by atomic mass is 16.5. The van der Waals surface area contributed by atoms with E-state index in [-0.39, 0.29) is 11.8 Å². The SMILES string of the molecule is Cc1ccc(NC(=O)c2ccc3c(c2)N(C)C(=O)c2ccccc2O3)c(C)c1. The lowest BCUT2D eigenvalue weighted by atomic mass is 10.1. The molecule has 0 unspecified atom stereocenters. The lowest BCUT2D eigenvalue weighted by Gasteiger charge is -2.17. The van der Waals surface area contributed by atoms with E-state index in [0.29, 0.717) is 28.3 Å². The van der Waals surface area contributed by atoms with Crippen LogP contribution >= 0.6 is 0 Å². The molecule has 0 atom stereocenters. The minimum absolute atomic E-state index is 0.179. The average molecular weight is 372 g/mol. The van der Waals surface area contributed by atoms with Crippen LogP contribution in [-0.2, 0) is 0 Å². The molecule has 2 amide bonds. The van der Waals surface area contributed by atoms with Crippen LogP contribution in [0.3, 0.4) is 0 Å². The van der Waals surface area contributed by atoms with Gasteiger partial charge in [-0.3, -0.25) is 9.59 Å². The zero-order valence-electron chi connectivity index (χ0n) is 15.9. The third kappa shape index (κ3) is 3.11. The molecule has 0 saturated carbocycles. The van der Waals surface area contributed by atoms with Gasteiger partial charge in [0, 0.05) is 18.3 Å². The molecule has 3 aromatic carbocycles. The average Bonchev–Trinajstić information content (AvgIpc) is 2.79. The minimum Gasteiger partial charge on any atom is -0.454 e. The normalized spacial score (nSPS) is 12.5. The second kappa shape index (κ2) is 6.85. The molecular formula is C23H20N2O3. The van der Waals surface area contributed by atoms with Gasteiger partial charge in [-0.05, 0) is 55.8 Å². The summed E-state index contributed by atoms with van der Waals surface area (Å²) in [5, 5.41) is 2.94. The Morgan fingerprint density at radius 1 is 0.964 bits per heavy atom. The Kier molecular flexibility index (Phi) is 4.35. The fraction of sp³-hybridized carbons (Fsp3) is 0.130. The van der Waals surface area contributed by atoms with Gasteiger partial charge < -0.3 is 15.0 Å². The number of nitrogens with one attached hydrogen (secondary N) is 1. The molecule has 1 N–H and O–H groups in total. The van der Waals surface area contributed by atoms with Gasteiger partial charge in [0.25, 0.3) is 11.8 Å². The van der Waals surface area contributed by atoms with E-state index in [1.54, 1.807) is 43.4 Å². The molecule has 4 rings (SSSR count). The van der Waals surface area contributed by atoms with Crippen molar-refractivity contribution in [3.8, 4) is 11.5 Å². The standard InChI is InChI=1S/C23H20N2O3/c1-14-8-10-18(15(2)12-14)24-22(26)16-9-11-21-19(13-16)25(3)23(27)17-6-4-5-7-20(17)28-21/h4-13H,1-3H3,(H,24,26). The Morgan fingerprint density at radius 3 is 2.54 bits per heavy atom. The van der Waals surface area contributed by atoms with E-state index < -0.39 is 0 Å². The molecule has 0 fully saturated rings. The van der Waals surface area contributed by atoms with Gasteiger partial charge >= 0.3 is 0 Å². The van der Waals surface area contributed by atoms with Gasteiger partial charge in [-0.25, -0.2) is 0 Å². The molecule has 1 aliphatic rings. The Morgan fingerprint density at radius 2 is 1.75 bits per heavy atom. The number of amides is 2. The highest BCUT2D eigenvalue weighted by Crippen LogP contribution is 2.38. The summed E-state index contributed by atoms with van der Waals surface area (Å²) in [7, 11) is 1.68. The lowest BCUT2D eigenvalue weighted by molar-refractivity contribution is 0.0990. The fourth-order valence-corrected chi connectivity index (χ4v) is 3.30. The third-order valence-electron chi connectivity index (χ3n) is 4.85. The van der Waals surface area contributed by atoms with Crippen LogP contribution in [-0.4, -0.2) is 18.9 Å². The number of aryl methyl sites for hydroxylation is 2. The maximum atomic E-state index is 12.8. The minimum atomic E-state index is -0.239. The summed E-state index contributed by atoms with van der Waals surface area (Å²) in [5.41, 5.74) is 4.38. The van der Waals surface area contributed by atoms with Crippen LogP contribution in [0.25, 0.3) is 0 Å². The smallest absolute Gasteiger partial charge is 0.261 e. The van der Waals surface area contributed by atoms with Gasteiger partial charge in [0.2, 0.25) is 0 Å². The van der Waals surface area contributed by atoms with E-state index in [1.165, 1.54) is 4.90 Å². The van der Waals surface area contributed by atoms with Crippen molar-refractivity contribution in [2.24, 2.45) is 0 Å². The molecule has 140 valence electrons. The lowest BCUT2D eigenvalue weighted by Crippen LogP contribution is -2.25. The third-order valence-corrected chi connectivity index (χ3v) is 4.85. The fourth-order valence-electron chi connectivity index (χ4n) is 3.30. The van der Waals surface area contributed by atoms with Crippen molar-refractivity contribution >= 4 is 23.2 Å². The van der Waals surface area contributed by atoms with E-state index in [4.69, 9.17) is 4.74 Å². The van der Waals surface area contributed by atoms with Crippen LogP contribution in [0.1, 0.15) is 31.8 Å². The summed E-state index contributed by atoms with van der Waals surface area (Å²) in [4.78, 5) is 27.1. The van der Waals surface area contributed by atoms with Gasteiger partial charge in [0.05, 0.1) is 11.3 Å². The zero-order valence-corrected chi connectivity index (χ0v) is 15.9. The van der Waals surface area contributed by atoms with E-state index in [1.807, 2.05) is 38.1 Å². The molecule has 1 heterocycles. The van der Waals surface area contributed by atoms with Crippen molar-refractivity contribution < 1.29 is 14.3 Å². The number of hydrogen-bond acceptors (Lipinski definition) is 3. The predicted octanol–water partition coefficient (Wildman–Crippen LogP) is 4.94. The molecule has 5 heteroatoms. The quantitative estimate of drug-likeness (QED) is 0.693. The van der Waals surface area contributed by atoms with E-state index in [0.717, 1.165) is 16.8 Å². The van der Waals surface area contributed by atoms with Gasteiger partial charge in [-0.15, -0.1) is 0 Å². The predicted molar refractivity (Wildman–Crippen MR) is 110 cm³/mol. The molecule has 1 aliphatic heterocycles. The number of fused-ring (bicyclic) bond motifs is 2. The number of hydrogen-bond donors (Lipinski definition) is 1. The Bertz CT molecular complexity index is 1100. The number of para-hydroxylation sites is 1. The summed E-state index contributed by atoms with van der Waals surface area (Å²) in [6.07, 6.45) is 0. The number of carbonyl (C=O) groups is 2. The molecule has 0 aliphatic carbocycles. The van der Waals surface area contributed by atoms with Crippen LogP contribution in [0.4, 0.5) is 11.4 Å². The van der Waals surface area contributed by atoms with Crippen LogP contribution in [0.2, 0.25) is 0 Å². The summed E-state index contributed by atoms with van der Waals surface area (Å²) in [6.45, 7) is 3.97. The van der Waals surface area contributed by atoms with Crippen molar-refractivity contribution in [3.05, 3.63) is 82.9 Å². The maximum Gasteiger partial charge on any atom is 0.261 e. The molecular weight excluding hydrogens is 352 g/mol. The number of ether oxygens (including phenoxy) is 1. The highest BCUT2D eigenvalue weighted by molar-refractivity contribution is 6.11. The van der Waals surface area contributed by atoms with Crippen molar-refractivity contribution in [1.82, 2.24) is 0 Å². The first-order valence-electron chi connectivity index (χ1n) is 9.01. The Balaban J connectivity index is 1.67. The zero-order chi connectivity index (χ0) is 19.8. The molecule has 28 heavy (non-hydrogen) atoms. The van der Waals surface area contributed by atoms with Crippen molar-refractivity contribution in [3.63, 3.8) is 0 Å². The molecule has 0 spiro atoms. The first-order valence-corrected chi connectivity index (χ1v) is 9.01. The van der Waals surface area contributed by atoms with Crippen molar-refractivity contribution in [1.29, 1.82) is 0 Å². The number of anilines is 2. The van der Waals surface area contributed by atoms with Crippen LogP contribution in [0.5, 0.6) is 11.5 Å². The van der Waals surface area contributed by atoms with Gasteiger partial charge in [0.15, 0.2) is 5.75 Å². The first-order chi connectivity index (χ1) is 13.4. The topological polar surface area (TPSA) is 58.6 Å². The Labute approximate surface area is 163 Å². The van der Waals surface area contributed by atoms with E-state index in [2.05, 4.69) is 5.32 Å². The molecule has 0 saturated heterocycles. The van der Waals surface area contributed by atoms with Crippen molar-refractivity contribution in [2.45, 2.75) is 13.8 Å². The summed E-state index contributed by atoms with van der Waals surface area (Å²) in [5.74, 6) is 0.619. The summed E-state index contributed by atoms with van der Waals surface area (Å²) >= 11 is 0. The second-order valence-corrected chi connectivity index (χ2v) is 6.92. The number of rotatable bonds is 2. The Hall–Kier alpha value is -3.60. The number of nitrogens with zero attached hydrogens (tertiary/aromatic N) is 1. The molecule has 0 aromatic heterocycles. The molecule has 0 bridgehead atoms. The van der Waals surface area contributed by atoms with E-state index >= 15 is 0 Å². The molecule has 0 radical (unpaired) electrons. The van der Waals surface area contributed by atoms with Gasteiger partial charge in [-0.2, -0.15) is 0 Å². The van der Waals surface area contributed by atoms with Crippen LogP contribution in [0.15, 0.2) is 60.7 Å². The van der Waals surface area contributed by atoms with E-state index in [9.17, 15) is 9.59 Å². The largest absolute Gasteiger partial charge is 0.454 e. The first kappa shape index (κ1) is 17.8. The number of carbonyl (C=O) groups excluding carboxylic acids is 2. The van der Waals surface area contributed by atoms with Gasteiger partial charge in [0.1, 0.15) is 5.75 Å². The molecule has 3 aromatic rings.